The van der Waals surface area contributed by atoms with Crippen LogP contribution in [0.1, 0.15) is 48.5 Å². The third kappa shape index (κ3) is 34.7. The fourth-order valence-corrected chi connectivity index (χ4v) is 1.21. The van der Waals surface area contributed by atoms with Gasteiger partial charge in [-0.05, 0) is 31.8 Å². The Morgan fingerprint density at radius 3 is 1.68 bits per heavy atom. The number of esters is 1. The van der Waals surface area contributed by atoms with E-state index >= 15 is 0 Å². The highest BCUT2D eigenvalue weighted by Gasteiger charge is 2.15. The van der Waals surface area contributed by atoms with Gasteiger partial charge in [0, 0.05) is 22.9 Å². The predicted molar refractivity (Wildman–Crippen MR) is 106 cm³/mol. The van der Waals surface area contributed by atoms with Crippen LogP contribution in [0.2, 0.25) is 0 Å². The molecule has 164 valence electrons. The smallest absolute Gasteiger partial charge is 0.308 e. The van der Waals surface area contributed by atoms with Crippen LogP contribution in [-0.4, -0.2) is 62.2 Å². The Kier molecular flexibility index (Phi) is 26.6. The van der Waals surface area contributed by atoms with Crippen molar-refractivity contribution in [1.29, 1.82) is 0 Å². The molecule has 0 saturated heterocycles. The molecule has 0 aliphatic heterocycles. The van der Waals surface area contributed by atoms with E-state index in [1.165, 1.54) is 0 Å². The zero-order valence-electron chi connectivity index (χ0n) is 15.3. The maximum atomic E-state index is 11.2. The van der Waals surface area contributed by atoms with Gasteiger partial charge in [0.2, 0.25) is 0 Å². The molecule has 0 aromatic rings. The molecule has 0 atom stereocenters. The van der Waals surface area contributed by atoms with Gasteiger partial charge in [0.05, 0.1) is 39.3 Å². The van der Waals surface area contributed by atoms with Crippen LogP contribution in [0, 0.1) is 0 Å². The van der Waals surface area contributed by atoms with Crippen LogP contribution >= 0.6 is 0 Å². The van der Waals surface area contributed by atoms with Crippen LogP contribution < -0.4 is 0 Å². The molecule has 28 heavy (non-hydrogen) atoms. The Morgan fingerprint density at radius 1 is 0.893 bits per heavy atom. The van der Waals surface area contributed by atoms with Crippen LogP contribution in [0.15, 0.2) is 10.2 Å². The molecule has 0 aromatic heterocycles. The van der Waals surface area contributed by atoms with Gasteiger partial charge >= 0.3 is 11.9 Å². The number of carboxylic acids is 1. The summed E-state index contributed by atoms with van der Waals surface area (Å²) in [5, 5.41) is 14.6. The first-order valence-electron chi connectivity index (χ1n) is 7.83. The molecular weight excluding hydrogens is 372 g/mol. The average Bonchev–Trinajstić information content (AvgIpc) is 2.53. The number of carbonyl (C=O) groups is 2. The van der Waals surface area contributed by atoms with Gasteiger partial charge in [0.25, 0.3) is 0 Å². The standard InChI is InChI=1S/C9H17N3O3.C5H9N3O3.2CH4/c1-9(2,3)15-8(13)4-6-14-7-5-11-12-10;6-8-7-2-4-11-3-1-5(9)10;;/h4-7H2,1-3H3;1-4H2,(H,9,10);2*1H4. The van der Waals surface area contributed by atoms with Crippen molar-refractivity contribution in [3.8, 4) is 0 Å². The van der Waals surface area contributed by atoms with Crippen molar-refractivity contribution < 1.29 is 28.9 Å². The van der Waals surface area contributed by atoms with Crippen molar-refractivity contribution >= 4 is 11.9 Å². The molecule has 12 nitrogen and oxygen atoms in total. The number of hydrogen-bond acceptors (Lipinski definition) is 7. The average molecular weight is 406 g/mol. The Hall–Kier alpha value is -2.52. The van der Waals surface area contributed by atoms with Crippen molar-refractivity contribution in [3.05, 3.63) is 20.9 Å². The number of carbonyl (C=O) groups excluding carboxylic acids is 1. The molecule has 0 aliphatic rings. The van der Waals surface area contributed by atoms with E-state index < -0.39 is 11.6 Å². The summed E-state index contributed by atoms with van der Waals surface area (Å²) in [5.74, 6) is -1.18. The minimum atomic E-state index is -0.895. The van der Waals surface area contributed by atoms with Gasteiger partial charge in [-0.25, -0.2) is 0 Å². The zero-order valence-corrected chi connectivity index (χ0v) is 15.3. The molecule has 0 radical (unpaired) electrons. The van der Waals surface area contributed by atoms with Crippen molar-refractivity contribution in [1.82, 2.24) is 0 Å². The van der Waals surface area contributed by atoms with E-state index in [0.717, 1.165) is 0 Å². The van der Waals surface area contributed by atoms with Gasteiger partial charge in [0.1, 0.15) is 5.60 Å². The normalized spacial score (nSPS) is 9.11. The van der Waals surface area contributed by atoms with Crippen LogP contribution in [0.5, 0.6) is 0 Å². The highest BCUT2D eigenvalue weighted by molar-refractivity contribution is 5.69. The largest absolute Gasteiger partial charge is 0.481 e. The summed E-state index contributed by atoms with van der Waals surface area (Å²) in [5.41, 5.74) is 15.3. The van der Waals surface area contributed by atoms with E-state index in [0.29, 0.717) is 6.61 Å². The van der Waals surface area contributed by atoms with Crippen molar-refractivity contribution in [2.75, 3.05) is 39.5 Å². The first-order valence-corrected chi connectivity index (χ1v) is 7.83. The Bertz CT molecular complexity index is 492. The van der Waals surface area contributed by atoms with Gasteiger partial charge in [-0.15, -0.1) is 0 Å². The van der Waals surface area contributed by atoms with Crippen molar-refractivity contribution in [2.45, 2.75) is 54.1 Å². The summed E-state index contributed by atoms with van der Waals surface area (Å²) < 4.78 is 14.9. The highest BCUT2D eigenvalue weighted by Crippen LogP contribution is 2.07. The minimum absolute atomic E-state index is 0. The second-order valence-corrected chi connectivity index (χ2v) is 5.61. The first kappa shape index (κ1) is 33.1. The van der Waals surface area contributed by atoms with Gasteiger partial charge in [0.15, 0.2) is 0 Å². The highest BCUT2D eigenvalue weighted by atomic mass is 16.6. The van der Waals surface area contributed by atoms with Gasteiger partial charge in [-0.3, -0.25) is 9.59 Å². The summed E-state index contributed by atoms with van der Waals surface area (Å²) in [6.07, 6.45) is 0.198. The Morgan fingerprint density at radius 2 is 1.32 bits per heavy atom. The molecule has 0 fully saturated rings. The van der Waals surface area contributed by atoms with Crippen molar-refractivity contribution in [2.24, 2.45) is 10.2 Å². The van der Waals surface area contributed by atoms with Crippen LogP contribution in [0.25, 0.3) is 20.9 Å². The Labute approximate surface area is 166 Å². The fourth-order valence-electron chi connectivity index (χ4n) is 1.21. The summed E-state index contributed by atoms with van der Waals surface area (Å²) >= 11 is 0. The quantitative estimate of drug-likeness (QED) is 0.167. The van der Waals surface area contributed by atoms with Crippen molar-refractivity contribution in [3.63, 3.8) is 0 Å². The SMILES string of the molecule is C.C.CC(C)(C)OC(=O)CCOCCN=[N+]=[N-].[N-]=[N+]=NCCOCCC(=O)O. The molecule has 0 rings (SSSR count). The minimum Gasteiger partial charge on any atom is -0.481 e. The molecule has 0 bridgehead atoms. The number of nitrogens with zero attached hydrogens (tertiary/aromatic N) is 6. The summed E-state index contributed by atoms with van der Waals surface area (Å²) in [6.45, 7) is 7.02. The predicted octanol–water partition coefficient (Wildman–Crippen LogP) is 4.11. The van der Waals surface area contributed by atoms with E-state index in [1.54, 1.807) is 0 Å². The topological polar surface area (TPSA) is 180 Å². The summed E-state index contributed by atoms with van der Waals surface area (Å²) in [6, 6.07) is 0. The lowest BCUT2D eigenvalue weighted by Crippen LogP contribution is -2.24. The van der Waals surface area contributed by atoms with E-state index in [1.807, 2.05) is 20.8 Å². The number of azide groups is 2. The second-order valence-electron chi connectivity index (χ2n) is 5.61. The number of carboxylic acid groups (broad SMARTS) is 1. The van der Waals surface area contributed by atoms with Crippen LogP contribution in [0.3, 0.4) is 0 Å². The molecule has 1 N–H and O–H groups in total. The molecule has 0 aliphatic carbocycles. The summed E-state index contributed by atoms with van der Waals surface area (Å²) in [7, 11) is 0. The Balaban J connectivity index is -0.000000200. The fraction of sp³-hybridized carbons (Fsp3) is 0.875. The third-order valence-corrected chi connectivity index (χ3v) is 2.13. The van der Waals surface area contributed by atoms with E-state index in [9.17, 15) is 9.59 Å². The van der Waals surface area contributed by atoms with E-state index in [2.05, 4.69) is 20.1 Å². The summed E-state index contributed by atoms with van der Waals surface area (Å²) in [4.78, 5) is 26.2. The number of rotatable bonds is 12. The molecule has 0 unspecified atom stereocenters. The monoisotopic (exact) mass is 406 g/mol. The lowest BCUT2D eigenvalue weighted by Gasteiger charge is -2.19. The van der Waals surface area contributed by atoms with Gasteiger partial charge in [-0.1, -0.05) is 25.1 Å². The van der Waals surface area contributed by atoms with Crippen LogP contribution in [-0.2, 0) is 23.8 Å². The number of ether oxygens (including phenoxy) is 3. The van der Waals surface area contributed by atoms with E-state index in [4.69, 9.17) is 30.4 Å². The molecule has 0 amide bonds. The molecule has 0 aromatic carbocycles. The first-order chi connectivity index (χ1) is 12.2. The third-order valence-electron chi connectivity index (χ3n) is 2.13. The van der Waals surface area contributed by atoms with E-state index in [-0.39, 0.29) is 66.6 Å². The molecule has 0 spiro atoms. The number of aliphatic carboxylic acids is 1. The molecule has 0 saturated carbocycles. The lowest BCUT2D eigenvalue weighted by molar-refractivity contribution is -0.156. The second kappa shape index (κ2) is 22.5. The molecule has 0 heterocycles. The molecular formula is C16H34N6O6. The van der Waals surface area contributed by atoms with Gasteiger partial charge in [-0.2, -0.15) is 0 Å². The van der Waals surface area contributed by atoms with Crippen LogP contribution in [0.4, 0.5) is 0 Å². The lowest BCUT2D eigenvalue weighted by atomic mass is 10.2. The zero-order chi connectivity index (χ0) is 20.3. The number of hydrogen-bond donors (Lipinski definition) is 1. The maximum absolute atomic E-state index is 11.2. The van der Waals surface area contributed by atoms with Gasteiger partial charge < -0.3 is 19.3 Å². The molecule has 12 heteroatoms. The maximum Gasteiger partial charge on any atom is 0.308 e.